The van der Waals surface area contributed by atoms with Gasteiger partial charge in [-0.1, -0.05) is 0 Å². The van der Waals surface area contributed by atoms with Crippen molar-refractivity contribution in [2.45, 2.75) is 25.8 Å². The zero-order valence-corrected chi connectivity index (χ0v) is 10.3. The highest BCUT2D eigenvalue weighted by atomic mass is 16.4. The lowest BCUT2D eigenvalue weighted by Crippen LogP contribution is -2.44. The number of urea groups is 1. The summed E-state index contributed by atoms with van der Waals surface area (Å²) in [6.45, 7) is 1.63. The summed E-state index contributed by atoms with van der Waals surface area (Å²) in [4.78, 5) is 34.1. The van der Waals surface area contributed by atoms with E-state index in [1.807, 2.05) is 0 Å². The molecule has 0 heterocycles. The van der Waals surface area contributed by atoms with E-state index in [9.17, 15) is 14.4 Å². The summed E-state index contributed by atoms with van der Waals surface area (Å²) in [5.41, 5.74) is 0. The van der Waals surface area contributed by atoms with Crippen molar-refractivity contribution >= 4 is 17.9 Å². The van der Waals surface area contributed by atoms with Crippen molar-refractivity contribution in [1.82, 2.24) is 15.5 Å². The molecule has 7 nitrogen and oxygen atoms in total. The number of hydrogen-bond acceptors (Lipinski definition) is 3. The highest BCUT2D eigenvalue weighted by molar-refractivity contribution is 5.83. The van der Waals surface area contributed by atoms with Gasteiger partial charge < -0.3 is 20.6 Å². The molecule has 0 aromatic heterocycles. The Morgan fingerprint density at radius 1 is 1.29 bits per heavy atom. The summed E-state index contributed by atoms with van der Waals surface area (Å²) in [5, 5.41) is 13.4. The molecule has 3 N–H and O–H groups in total. The molecule has 17 heavy (non-hydrogen) atoms. The third kappa shape index (κ3) is 8.06. The molecule has 0 spiro atoms. The van der Waals surface area contributed by atoms with Crippen LogP contribution in [0.15, 0.2) is 0 Å². The van der Waals surface area contributed by atoms with E-state index in [1.54, 1.807) is 21.0 Å². The molecular formula is C10H19N3O4. The Hall–Kier alpha value is -1.79. The lowest BCUT2D eigenvalue weighted by molar-refractivity contribution is -0.137. The van der Waals surface area contributed by atoms with Crippen LogP contribution in [-0.2, 0) is 9.59 Å². The number of hydrogen-bond donors (Lipinski definition) is 3. The third-order valence-electron chi connectivity index (χ3n) is 2.07. The van der Waals surface area contributed by atoms with Crippen LogP contribution < -0.4 is 10.6 Å². The van der Waals surface area contributed by atoms with Gasteiger partial charge in [-0.3, -0.25) is 9.59 Å². The van der Waals surface area contributed by atoms with Crippen molar-refractivity contribution in [2.75, 3.05) is 20.6 Å². The maximum absolute atomic E-state index is 11.3. The van der Waals surface area contributed by atoms with Gasteiger partial charge in [-0.05, 0) is 13.3 Å². The molecule has 7 heteroatoms. The van der Waals surface area contributed by atoms with E-state index in [-0.39, 0.29) is 24.9 Å². The van der Waals surface area contributed by atoms with Crippen LogP contribution in [0.25, 0.3) is 0 Å². The normalized spacial score (nSPS) is 11.5. The van der Waals surface area contributed by atoms with E-state index in [2.05, 4.69) is 10.6 Å². The summed E-state index contributed by atoms with van der Waals surface area (Å²) >= 11 is 0. The predicted octanol–water partition coefficient (Wildman–Crippen LogP) is -0.373. The number of amides is 3. The Morgan fingerprint density at radius 2 is 1.88 bits per heavy atom. The van der Waals surface area contributed by atoms with Crippen molar-refractivity contribution in [1.29, 1.82) is 0 Å². The molecule has 0 radical (unpaired) electrons. The summed E-state index contributed by atoms with van der Waals surface area (Å²) in [6, 6.07) is -0.723. The van der Waals surface area contributed by atoms with Gasteiger partial charge >= 0.3 is 12.0 Å². The van der Waals surface area contributed by atoms with E-state index in [4.69, 9.17) is 5.11 Å². The number of nitrogens with zero attached hydrogens (tertiary/aromatic N) is 1. The monoisotopic (exact) mass is 245 g/mol. The molecule has 0 saturated carbocycles. The predicted molar refractivity (Wildman–Crippen MR) is 61.6 cm³/mol. The average molecular weight is 245 g/mol. The highest BCUT2D eigenvalue weighted by Gasteiger charge is 2.10. The summed E-state index contributed by atoms with van der Waals surface area (Å²) in [5.74, 6) is -1.11. The number of carboxylic acid groups (broad SMARTS) is 1. The maximum Gasteiger partial charge on any atom is 0.315 e. The number of likely N-dealkylation sites (N-methyl/N-ethyl adjacent to an activating group) is 1. The van der Waals surface area contributed by atoms with Gasteiger partial charge in [0.25, 0.3) is 0 Å². The minimum atomic E-state index is -0.901. The average Bonchev–Trinajstić information content (AvgIpc) is 2.22. The van der Waals surface area contributed by atoms with Gasteiger partial charge in [-0.2, -0.15) is 0 Å². The third-order valence-corrected chi connectivity index (χ3v) is 2.07. The topological polar surface area (TPSA) is 98.7 Å². The van der Waals surface area contributed by atoms with Crippen LogP contribution in [-0.4, -0.2) is 54.6 Å². The molecule has 0 aromatic rings. The summed E-state index contributed by atoms with van der Waals surface area (Å²) < 4.78 is 0. The SMILES string of the molecule is CC(CCC(=O)O)NC(=O)NCC(=O)N(C)C. The molecule has 0 bridgehead atoms. The van der Waals surface area contributed by atoms with Gasteiger partial charge in [-0.25, -0.2) is 4.79 Å². The number of aliphatic carboxylic acids is 1. The molecule has 3 amide bonds. The van der Waals surface area contributed by atoms with Crippen molar-refractivity contribution in [3.05, 3.63) is 0 Å². The van der Waals surface area contributed by atoms with Gasteiger partial charge in [0.15, 0.2) is 0 Å². The molecular weight excluding hydrogens is 226 g/mol. The van der Waals surface area contributed by atoms with Crippen LogP contribution in [0.4, 0.5) is 4.79 Å². The second kappa shape index (κ2) is 7.48. The number of nitrogens with one attached hydrogen (secondary N) is 2. The molecule has 0 aliphatic rings. The molecule has 0 fully saturated rings. The minimum Gasteiger partial charge on any atom is -0.481 e. The first-order chi connectivity index (χ1) is 7.82. The zero-order chi connectivity index (χ0) is 13.4. The Labute approximate surface area is 100 Å². The molecule has 1 unspecified atom stereocenters. The van der Waals surface area contributed by atoms with Crippen molar-refractivity contribution in [3.8, 4) is 0 Å². The fraction of sp³-hybridized carbons (Fsp3) is 0.700. The summed E-state index contributed by atoms with van der Waals surface area (Å²) in [7, 11) is 3.19. The second-order valence-electron chi connectivity index (χ2n) is 3.95. The standard InChI is InChI=1S/C10H19N3O4/c1-7(4-5-9(15)16)12-10(17)11-6-8(14)13(2)3/h7H,4-6H2,1-3H3,(H,15,16)(H2,11,12,17). The first-order valence-electron chi connectivity index (χ1n) is 5.29. The van der Waals surface area contributed by atoms with E-state index in [0.717, 1.165) is 0 Å². The van der Waals surface area contributed by atoms with Gasteiger partial charge in [0.05, 0.1) is 6.54 Å². The highest BCUT2D eigenvalue weighted by Crippen LogP contribution is 1.95. The van der Waals surface area contributed by atoms with E-state index in [0.29, 0.717) is 6.42 Å². The molecule has 0 rings (SSSR count). The molecule has 0 aliphatic carbocycles. The van der Waals surface area contributed by atoms with Crippen LogP contribution in [0, 0.1) is 0 Å². The first-order valence-corrected chi connectivity index (χ1v) is 5.29. The Morgan fingerprint density at radius 3 is 2.35 bits per heavy atom. The van der Waals surface area contributed by atoms with E-state index in [1.165, 1.54) is 4.90 Å². The fourth-order valence-electron chi connectivity index (χ4n) is 1.00. The van der Waals surface area contributed by atoms with Gasteiger partial charge in [0.2, 0.25) is 5.91 Å². The van der Waals surface area contributed by atoms with Crippen molar-refractivity contribution < 1.29 is 19.5 Å². The Balaban J connectivity index is 3.78. The quantitative estimate of drug-likeness (QED) is 0.594. The van der Waals surface area contributed by atoms with Crippen LogP contribution in [0.3, 0.4) is 0 Å². The van der Waals surface area contributed by atoms with Crippen molar-refractivity contribution in [2.24, 2.45) is 0 Å². The van der Waals surface area contributed by atoms with Gasteiger partial charge in [-0.15, -0.1) is 0 Å². The van der Waals surface area contributed by atoms with Crippen LogP contribution in [0.2, 0.25) is 0 Å². The fourth-order valence-corrected chi connectivity index (χ4v) is 1.00. The Bertz CT molecular complexity index is 291. The molecule has 0 aliphatic heterocycles. The minimum absolute atomic E-state index is 0.00191. The number of carboxylic acids is 1. The second-order valence-corrected chi connectivity index (χ2v) is 3.95. The smallest absolute Gasteiger partial charge is 0.315 e. The van der Waals surface area contributed by atoms with Gasteiger partial charge in [0.1, 0.15) is 0 Å². The largest absolute Gasteiger partial charge is 0.481 e. The zero-order valence-electron chi connectivity index (χ0n) is 10.3. The van der Waals surface area contributed by atoms with Gasteiger partial charge in [0, 0.05) is 26.6 Å². The van der Waals surface area contributed by atoms with E-state index < -0.39 is 12.0 Å². The number of rotatable bonds is 6. The maximum atomic E-state index is 11.3. The van der Waals surface area contributed by atoms with Crippen LogP contribution in [0.1, 0.15) is 19.8 Å². The van der Waals surface area contributed by atoms with Crippen LogP contribution in [0.5, 0.6) is 0 Å². The Kier molecular flexibility index (Phi) is 6.69. The lowest BCUT2D eigenvalue weighted by Gasteiger charge is -2.15. The van der Waals surface area contributed by atoms with Crippen LogP contribution >= 0.6 is 0 Å². The molecule has 98 valence electrons. The number of carbonyl (C=O) groups is 3. The lowest BCUT2D eigenvalue weighted by atomic mass is 10.2. The number of carbonyl (C=O) groups excluding carboxylic acids is 2. The molecule has 0 saturated heterocycles. The first kappa shape index (κ1) is 15.2. The summed E-state index contributed by atoms with van der Waals surface area (Å²) in [6.07, 6.45) is 0.350. The molecule has 1 atom stereocenters. The van der Waals surface area contributed by atoms with Crippen molar-refractivity contribution in [3.63, 3.8) is 0 Å². The molecule has 0 aromatic carbocycles. The van der Waals surface area contributed by atoms with E-state index >= 15 is 0 Å².